The molecular formula is C70H45N5. The highest BCUT2D eigenvalue weighted by Gasteiger charge is 2.26. The van der Waals surface area contributed by atoms with E-state index in [1.165, 1.54) is 43.4 Å². The van der Waals surface area contributed by atoms with Gasteiger partial charge < -0.3 is 13.7 Å². The molecule has 0 unspecified atom stereocenters. The molecule has 4 aromatic heterocycles. The summed E-state index contributed by atoms with van der Waals surface area (Å²) in [5.41, 5.74) is 19.3. The number of nitrogens with zero attached hydrogens (tertiary/aromatic N) is 5. The molecule has 0 bridgehead atoms. The molecule has 15 rings (SSSR count). The molecule has 0 spiro atoms. The van der Waals surface area contributed by atoms with Gasteiger partial charge >= 0.3 is 0 Å². The predicted molar refractivity (Wildman–Crippen MR) is 312 cm³/mol. The van der Waals surface area contributed by atoms with Crippen molar-refractivity contribution in [2.24, 2.45) is 0 Å². The van der Waals surface area contributed by atoms with Crippen molar-refractivity contribution in [3.63, 3.8) is 0 Å². The van der Waals surface area contributed by atoms with Crippen LogP contribution in [0.15, 0.2) is 273 Å². The molecule has 0 aliphatic heterocycles. The highest BCUT2D eigenvalue weighted by molar-refractivity contribution is 6.26. The monoisotopic (exact) mass is 955 g/mol. The molecule has 0 fully saturated rings. The van der Waals surface area contributed by atoms with Gasteiger partial charge in [-0.2, -0.15) is 0 Å². The van der Waals surface area contributed by atoms with E-state index in [2.05, 4.69) is 281 Å². The van der Waals surface area contributed by atoms with Crippen LogP contribution in [-0.2, 0) is 0 Å². The van der Waals surface area contributed by atoms with Crippen LogP contribution in [0.25, 0.3) is 139 Å². The van der Waals surface area contributed by atoms with Gasteiger partial charge in [0.15, 0.2) is 5.82 Å². The van der Waals surface area contributed by atoms with Crippen LogP contribution in [0, 0.1) is 0 Å². The number of aromatic nitrogens is 5. The van der Waals surface area contributed by atoms with E-state index in [1.807, 2.05) is 6.07 Å². The Labute approximate surface area is 433 Å². The molecule has 11 aromatic carbocycles. The Morgan fingerprint density at radius 2 is 0.707 bits per heavy atom. The van der Waals surface area contributed by atoms with Gasteiger partial charge in [-0.25, -0.2) is 9.97 Å². The smallest absolute Gasteiger partial charge is 0.160 e. The lowest BCUT2D eigenvalue weighted by Gasteiger charge is -2.21. The van der Waals surface area contributed by atoms with Gasteiger partial charge in [0.25, 0.3) is 0 Å². The second-order valence-corrected chi connectivity index (χ2v) is 19.3. The minimum absolute atomic E-state index is 0.674. The maximum absolute atomic E-state index is 5.52. The van der Waals surface area contributed by atoms with Crippen LogP contribution in [0.4, 0.5) is 0 Å². The number of para-hydroxylation sites is 4. The van der Waals surface area contributed by atoms with Crippen molar-refractivity contribution in [3.05, 3.63) is 273 Å². The molecule has 0 N–H and O–H groups in total. The zero-order valence-electron chi connectivity index (χ0n) is 40.7. The quantitative estimate of drug-likeness (QED) is 0.152. The van der Waals surface area contributed by atoms with Gasteiger partial charge in [-0.05, 0) is 95.1 Å². The molecule has 0 aliphatic carbocycles. The summed E-state index contributed by atoms with van der Waals surface area (Å²) in [5, 5.41) is 7.22. The van der Waals surface area contributed by atoms with E-state index in [1.54, 1.807) is 0 Å². The van der Waals surface area contributed by atoms with Gasteiger partial charge in [0, 0.05) is 66.1 Å². The third-order valence-electron chi connectivity index (χ3n) is 15.0. The number of rotatable bonds is 8. The van der Waals surface area contributed by atoms with Crippen molar-refractivity contribution in [2.75, 3.05) is 0 Å². The second kappa shape index (κ2) is 17.3. The van der Waals surface area contributed by atoms with Gasteiger partial charge in [0.05, 0.1) is 44.5 Å². The van der Waals surface area contributed by atoms with Gasteiger partial charge in [-0.3, -0.25) is 0 Å². The molecule has 75 heavy (non-hydrogen) atoms. The third kappa shape index (κ3) is 6.86. The summed E-state index contributed by atoms with van der Waals surface area (Å²) >= 11 is 0. The zero-order chi connectivity index (χ0) is 49.4. The molecule has 350 valence electrons. The topological polar surface area (TPSA) is 40.6 Å². The Balaban J connectivity index is 1.09. The van der Waals surface area contributed by atoms with Gasteiger partial charge in [0.1, 0.15) is 0 Å². The van der Waals surface area contributed by atoms with Crippen molar-refractivity contribution in [1.82, 2.24) is 23.7 Å². The van der Waals surface area contributed by atoms with E-state index in [0.717, 1.165) is 89.5 Å². The first-order chi connectivity index (χ1) is 37.2. The first-order valence-corrected chi connectivity index (χ1v) is 25.6. The first-order valence-electron chi connectivity index (χ1n) is 25.6. The molecule has 0 saturated carbocycles. The summed E-state index contributed by atoms with van der Waals surface area (Å²) in [7, 11) is 0. The van der Waals surface area contributed by atoms with Gasteiger partial charge in [0.2, 0.25) is 0 Å². The normalized spacial score (nSPS) is 11.7. The van der Waals surface area contributed by atoms with Crippen LogP contribution in [0.3, 0.4) is 0 Å². The fraction of sp³-hybridized carbons (Fsp3) is 0. The van der Waals surface area contributed by atoms with E-state index >= 15 is 0 Å². The van der Waals surface area contributed by atoms with E-state index < -0.39 is 0 Å². The highest BCUT2D eigenvalue weighted by atomic mass is 15.0. The number of fused-ring (bicyclic) bond motifs is 10. The lowest BCUT2D eigenvalue weighted by atomic mass is 9.88. The maximum atomic E-state index is 5.52. The van der Waals surface area contributed by atoms with Crippen LogP contribution in [-0.4, -0.2) is 23.7 Å². The Kier molecular flexibility index (Phi) is 9.82. The molecule has 0 aliphatic rings. The Hall–Kier alpha value is -10.1. The molecule has 5 heteroatoms. The molecule has 0 radical (unpaired) electrons. The summed E-state index contributed by atoms with van der Waals surface area (Å²) in [5.74, 6) is 0.674. The third-order valence-corrected chi connectivity index (χ3v) is 15.0. The molecule has 5 nitrogen and oxygen atoms in total. The van der Waals surface area contributed by atoms with Crippen LogP contribution < -0.4 is 0 Å². The molecule has 0 atom stereocenters. The van der Waals surface area contributed by atoms with Gasteiger partial charge in [-0.1, -0.05) is 200 Å². The van der Waals surface area contributed by atoms with E-state index in [0.29, 0.717) is 5.82 Å². The average molecular weight is 956 g/mol. The van der Waals surface area contributed by atoms with Gasteiger partial charge in [-0.15, -0.1) is 0 Å². The average Bonchev–Trinajstić information content (AvgIpc) is 4.13. The van der Waals surface area contributed by atoms with Crippen LogP contribution in [0.1, 0.15) is 0 Å². The summed E-state index contributed by atoms with van der Waals surface area (Å²) in [6, 6.07) is 98.3. The van der Waals surface area contributed by atoms with Crippen LogP contribution in [0.5, 0.6) is 0 Å². The lowest BCUT2D eigenvalue weighted by Crippen LogP contribution is -2.02. The fourth-order valence-corrected chi connectivity index (χ4v) is 11.8. The largest absolute Gasteiger partial charge is 0.309 e. The number of hydrogen-bond acceptors (Lipinski definition) is 2. The predicted octanol–water partition coefficient (Wildman–Crippen LogP) is 18.1. The number of benzene rings is 11. The van der Waals surface area contributed by atoms with Crippen molar-refractivity contribution in [2.45, 2.75) is 0 Å². The Morgan fingerprint density at radius 1 is 0.253 bits per heavy atom. The van der Waals surface area contributed by atoms with E-state index in [-0.39, 0.29) is 0 Å². The second-order valence-electron chi connectivity index (χ2n) is 19.3. The highest BCUT2D eigenvalue weighted by Crippen LogP contribution is 2.47. The first kappa shape index (κ1) is 42.6. The fourth-order valence-electron chi connectivity index (χ4n) is 11.8. The summed E-state index contributed by atoms with van der Waals surface area (Å²) in [6.45, 7) is 0. The summed E-state index contributed by atoms with van der Waals surface area (Å²) in [6.07, 6.45) is 0. The standard InChI is InChI=1S/C70H45N5/c1-6-22-46(23-7-1)57-43-52(44-58(47-24-8-2-9-25-47)67(57)61-45-60(48-26-10-3-11-27-48)71-70(72-61)49-28-12-4-13-29-49)75-65-40-38-51(74-62-35-19-16-32-53(62)54-33-17-20-36-63(54)74)42-59(65)55-39-41-66-68(69(55)75)56-34-18-21-37-64(56)73(66)50-30-14-5-15-31-50/h1-45H. The SMILES string of the molecule is c1ccc(-c2cc(-c3c(-c4ccccc4)cc(-n4c5ccc(-n6c7ccccc7c7ccccc76)cc5c5ccc6c(c7ccccc7n6-c6ccccc6)c54)cc3-c3ccccc3)nc(-c3ccccc3)n2)cc1. The van der Waals surface area contributed by atoms with Crippen molar-refractivity contribution >= 4 is 65.4 Å². The molecular weight excluding hydrogens is 911 g/mol. The zero-order valence-corrected chi connectivity index (χ0v) is 40.7. The van der Waals surface area contributed by atoms with Crippen molar-refractivity contribution in [3.8, 4) is 73.2 Å². The maximum Gasteiger partial charge on any atom is 0.160 e. The molecule has 15 aromatic rings. The molecule has 0 saturated heterocycles. The van der Waals surface area contributed by atoms with Crippen LogP contribution >= 0.6 is 0 Å². The van der Waals surface area contributed by atoms with E-state index in [9.17, 15) is 0 Å². The molecule has 0 amide bonds. The minimum Gasteiger partial charge on any atom is -0.309 e. The summed E-state index contributed by atoms with van der Waals surface area (Å²) < 4.78 is 7.39. The number of hydrogen-bond donors (Lipinski definition) is 0. The summed E-state index contributed by atoms with van der Waals surface area (Å²) in [4.78, 5) is 10.8. The Morgan fingerprint density at radius 3 is 1.31 bits per heavy atom. The van der Waals surface area contributed by atoms with Crippen molar-refractivity contribution < 1.29 is 0 Å². The molecule has 4 heterocycles. The van der Waals surface area contributed by atoms with Crippen molar-refractivity contribution in [1.29, 1.82) is 0 Å². The van der Waals surface area contributed by atoms with Crippen LogP contribution in [0.2, 0.25) is 0 Å². The lowest BCUT2D eigenvalue weighted by molar-refractivity contribution is 1.16. The minimum atomic E-state index is 0.674. The van der Waals surface area contributed by atoms with E-state index in [4.69, 9.17) is 9.97 Å². The Bertz CT molecular complexity index is 4500.